The number of hydrogen-bond acceptors (Lipinski definition) is 5. The number of halogens is 1. The van der Waals surface area contributed by atoms with E-state index < -0.39 is 12.1 Å². The molecule has 7 nitrogen and oxygen atoms in total. The number of amides is 1. The maximum Gasteiger partial charge on any atom is 0.426 e. The van der Waals surface area contributed by atoms with Crippen molar-refractivity contribution < 1.29 is 19.4 Å². The highest BCUT2D eigenvalue weighted by molar-refractivity contribution is 6.00. The van der Waals surface area contributed by atoms with Crippen LogP contribution < -0.4 is 10.3 Å². The van der Waals surface area contributed by atoms with Crippen molar-refractivity contribution in [3.8, 4) is 0 Å². The average molecular weight is 560 g/mol. The fraction of sp³-hybridized carbons (Fsp3) is 0.250. The summed E-state index contributed by atoms with van der Waals surface area (Å²) < 4.78 is 4.93. The largest absolute Gasteiger partial charge is 0.465 e. The summed E-state index contributed by atoms with van der Waals surface area (Å²) in [6, 6.07) is 31.7. The standard InChI is InChI=1S/C32H33N3O4.ClH/c1-22(26-17-10-14-23-13-6-7-15-27(23)26)33-19-25-20-34(21-29(25)24-11-4-3-5-12-24)35(32(37)38)30-18-9-8-16-28(30)31(36)39-2;/h3-18,22,25,29,33H,19-21H2,1-2H3,(H,37,38);1H/t22-,25+,29-;/m1./s1. The van der Waals surface area contributed by atoms with E-state index in [1.165, 1.54) is 28.5 Å². The summed E-state index contributed by atoms with van der Waals surface area (Å²) >= 11 is 0. The monoisotopic (exact) mass is 559 g/mol. The van der Waals surface area contributed by atoms with Crippen LogP contribution in [0.2, 0.25) is 0 Å². The number of carboxylic acid groups (broad SMARTS) is 1. The third-order valence-electron chi connectivity index (χ3n) is 7.63. The van der Waals surface area contributed by atoms with Crippen LogP contribution in [0, 0.1) is 5.92 Å². The highest BCUT2D eigenvalue weighted by Gasteiger charge is 2.39. The number of esters is 1. The highest BCUT2D eigenvalue weighted by atomic mass is 35.5. The normalized spacial score (nSPS) is 17.6. The molecule has 8 heteroatoms. The summed E-state index contributed by atoms with van der Waals surface area (Å²) in [6.07, 6.45) is -1.14. The van der Waals surface area contributed by atoms with Crippen molar-refractivity contribution in [2.45, 2.75) is 18.9 Å². The Morgan fingerprint density at radius 1 is 0.950 bits per heavy atom. The Kier molecular flexibility index (Phi) is 9.42. The molecule has 0 aromatic heterocycles. The summed E-state index contributed by atoms with van der Waals surface area (Å²) in [5.74, 6) is -0.333. The second-order valence-corrected chi connectivity index (χ2v) is 9.95. The number of anilines is 1. The lowest BCUT2D eigenvalue weighted by Crippen LogP contribution is -2.46. The number of rotatable bonds is 8. The molecule has 0 unspecified atom stereocenters. The van der Waals surface area contributed by atoms with Crippen LogP contribution in [0.3, 0.4) is 0 Å². The second kappa shape index (κ2) is 13.0. The van der Waals surface area contributed by atoms with E-state index in [0.717, 1.165) is 5.56 Å². The van der Waals surface area contributed by atoms with E-state index in [1.807, 2.05) is 29.3 Å². The Morgan fingerprint density at radius 3 is 2.38 bits per heavy atom. The molecular formula is C32H34ClN3O4. The van der Waals surface area contributed by atoms with Crippen LogP contribution in [0.15, 0.2) is 97.1 Å². The SMILES string of the molecule is COC(=O)c1ccccc1N(C(=O)O)N1C[C@H](CN[C@H](C)c2cccc3ccccc23)[C@@H](c2ccccc2)C1.Cl. The minimum atomic E-state index is -1.14. The maximum absolute atomic E-state index is 12.6. The van der Waals surface area contributed by atoms with Crippen molar-refractivity contribution in [3.05, 3.63) is 114 Å². The molecule has 1 aliphatic rings. The molecule has 2 N–H and O–H groups in total. The second-order valence-electron chi connectivity index (χ2n) is 9.95. The van der Waals surface area contributed by atoms with Gasteiger partial charge in [-0.15, -0.1) is 12.4 Å². The predicted octanol–water partition coefficient (Wildman–Crippen LogP) is 6.51. The van der Waals surface area contributed by atoms with Gasteiger partial charge in [-0.3, -0.25) is 0 Å². The molecule has 0 bridgehead atoms. The molecule has 4 aromatic carbocycles. The molecular weight excluding hydrogens is 526 g/mol. The first-order valence-corrected chi connectivity index (χ1v) is 13.2. The fourth-order valence-electron chi connectivity index (χ4n) is 5.68. The summed E-state index contributed by atoms with van der Waals surface area (Å²) in [5.41, 5.74) is 2.90. The van der Waals surface area contributed by atoms with Gasteiger partial charge in [0.05, 0.1) is 18.4 Å². The van der Waals surface area contributed by atoms with Gasteiger partial charge in [0.15, 0.2) is 0 Å². The number of carbonyl (C=O) groups is 2. The van der Waals surface area contributed by atoms with Crippen LogP contribution in [-0.2, 0) is 4.74 Å². The molecule has 3 atom stereocenters. The number of carbonyl (C=O) groups excluding carboxylic acids is 1. The Labute approximate surface area is 240 Å². The Balaban J connectivity index is 0.00000370. The van der Waals surface area contributed by atoms with E-state index >= 15 is 0 Å². The van der Waals surface area contributed by atoms with Gasteiger partial charge in [0, 0.05) is 31.6 Å². The molecule has 5 rings (SSSR count). The van der Waals surface area contributed by atoms with E-state index in [-0.39, 0.29) is 35.8 Å². The quantitative estimate of drug-likeness (QED) is 0.239. The van der Waals surface area contributed by atoms with E-state index in [2.05, 4.69) is 60.8 Å². The lowest BCUT2D eigenvalue weighted by Gasteiger charge is -2.30. The van der Waals surface area contributed by atoms with Gasteiger partial charge in [0.1, 0.15) is 0 Å². The molecule has 0 saturated carbocycles. The number of nitrogens with zero attached hydrogens (tertiary/aromatic N) is 2. The zero-order valence-electron chi connectivity index (χ0n) is 22.6. The molecule has 40 heavy (non-hydrogen) atoms. The predicted molar refractivity (Wildman–Crippen MR) is 160 cm³/mol. The number of nitrogens with one attached hydrogen (secondary N) is 1. The van der Waals surface area contributed by atoms with Crippen LogP contribution in [0.25, 0.3) is 10.8 Å². The highest BCUT2D eigenvalue weighted by Crippen LogP contribution is 2.36. The molecule has 1 heterocycles. The van der Waals surface area contributed by atoms with Gasteiger partial charge in [0.25, 0.3) is 0 Å². The average Bonchev–Trinajstić information content (AvgIpc) is 3.39. The summed E-state index contributed by atoms with van der Waals surface area (Å²) in [5, 5.41) is 19.5. The maximum atomic E-state index is 12.6. The first-order chi connectivity index (χ1) is 19.0. The Morgan fingerprint density at radius 2 is 1.62 bits per heavy atom. The number of hydrogen-bond donors (Lipinski definition) is 2. The van der Waals surface area contributed by atoms with E-state index in [9.17, 15) is 14.7 Å². The molecule has 208 valence electrons. The van der Waals surface area contributed by atoms with Crippen LogP contribution in [0.5, 0.6) is 0 Å². The topological polar surface area (TPSA) is 82.1 Å². The van der Waals surface area contributed by atoms with Crippen molar-refractivity contribution in [1.29, 1.82) is 0 Å². The molecule has 0 aliphatic carbocycles. The molecule has 0 radical (unpaired) electrons. The zero-order valence-corrected chi connectivity index (χ0v) is 23.4. The van der Waals surface area contributed by atoms with E-state index in [4.69, 9.17) is 4.74 Å². The summed E-state index contributed by atoms with van der Waals surface area (Å²) in [6.45, 7) is 3.88. The number of ether oxygens (including phenoxy) is 1. The minimum absolute atomic E-state index is 0. The first-order valence-electron chi connectivity index (χ1n) is 13.2. The van der Waals surface area contributed by atoms with Crippen LogP contribution in [-0.4, -0.2) is 48.9 Å². The van der Waals surface area contributed by atoms with Gasteiger partial charge in [0.2, 0.25) is 0 Å². The van der Waals surface area contributed by atoms with Gasteiger partial charge < -0.3 is 15.2 Å². The smallest absolute Gasteiger partial charge is 0.426 e. The van der Waals surface area contributed by atoms with Crippen LogP contribution in [0.1, 0.15) is 40.4 Å². The third kappa shape index (κ3) is 5.97. The lowest BCUT2D eigenvalue weighted by atomic mass is 9.88. The van der Waals surface area contributed by atoms with Gasteiger partial charge >= 0.3 is 12.1 Å². The number of benzene rings is 4. The molecule has 1 amide bonds. The van der Waals surface area contributed by atoms with Crippen molar-refractivity contribution in [2.75, 3.05) is 31.8 Å². The number of fused-ring (bicyclic) bond motifs is 1. The van der Waals surface area contributed by atoms with Crippen molar-refractivity contribution in [2.24, 2.45) is 5.92 Å². The minimum Gasteiger partial charge on any atom is -0.465 e. The summed E-state index contributed by atoms with van der Waals surface area (Å²) in [4.78, 5) is 25.1. The Bertz CT molecular complexity index is 1460. The van der Waals surface area contributed by atoms with E-state index in [0.29, 0.717) is 25.3 Å². The molecule has 1 aliphatic heterocycles. The molecule has 1 fully saturated rings. The molecule has 1 saturated heterocycles. The molecule has 0 spiro atoms. The van der Waals surface area contributed by atoms with E-state index in [1.54, 1.807) is 24.3 Å². The van der Waals surface area contributed by atoms with Crippen LogP contribution >= 0.6 is 12.4 Å². The third-order valence-corrected chi connectivity index (χ3v) is 7.63. The van der Waals surface area contributed by atoms with Crippen molar-refractivity contribution in [1.82, 2.24) is 10.3 Å². The lowest BCUT2D eigenvalue weighted by molar-refractivity contribution is 0.0601. The molecule has 4 aromatic rings. The fourth-order valence-corrected chi connectivity index (χ4v) is 5.68. The van der Waals surface area contributed by atoms with Gasteiger partial charge in [-0.2, -0.15) is 0 Å². The number of hydrazine groups is 1. The van der Waals surface area contributed by atoms with Crippen molar-refractivity contribution in [3.63, 3.8) is 0 Å². The van der Waals surface area contributed by atoms with Gasteiger partial charge in [-0.1, -0.05) is 84.9 Å². The van der Waals surface area contributed by atoms with Gasteiger partial charge in [-0.05, 0) is 46.9 Å². The Hall–Kier alpha value is -3.91. The zero-order chi connectivity index (χ0) is 27.4. The van der Waals surface area contributed by atoms with Crippen molar-refractivity contribution >= 4 is 40.9 Å². The number of para-hydroxylation sites is 1. The summed E-state index contributed by atoms with van der Waals surface area (Å²) in [7, 11) is 1.30. The van der Waals surface area contributed by atoms with Gasteiger partial charge in [-0.25, -0.2) is 19.6 Å². The van der Waals surface area contributed by atoms with Crippen LogP contribution in [0.4, 0.5) is 10.5 Å². The number of methoxy groups -OCH3 is 1. The first kappa shape index (κ1) is 29.1.